The summed E-state index contributed by atoms with van der Waals surface area (Å²) in [6.45, 7) is 5.59. The van der Waals surface area contributed by atoms with Gasteiger partial charge in [-0.1, -0.05) is 18.2 Å². The van der Waals surface area contributed by atoms with Crippen molar-refractivity contribution in [2.75, 3.05) is 5.43 Å². The molecule has 0 saturated carbocycles. The van der Waals surface area contributed by atoms with E-state index in [4.69, 9.17) is 0 Å². The second-order valence-corrected chi connectivity index (χ2v) is 5.83. The van der Waals surface area contributed by atoms with Gasteiger partial charge in [-0.15, -0.1) is 0 Å². The fraction of sp³-hybridized carbons (Fsp3) is 0.222. The first kappa shape index (κ1) is 16.6. The molecule has 0 aliphatic rings. The summed E-state index contributed by atoms with van der Waals surface area (Å²) >= 11 is 0. The van der Waals surface area contributed by atoms with E-state index in [0.717, 1.165) is 17.1 Å². The molecule has 0 saturated heterocycles. The van der Waals surface area contributed by atoms with Crippen LogP contribution in [-0.2, 0) is 7.05 Å². The van der Waals surface area contributed by atoms with E-state index < -0.39 is 0 Å². The third kappa shape index (κ3) is 3.35. The largest absolute Gasteiger partial charge is 0.279 e. The molecule has 3 aromatic rings. The second kappa shape index (κ2) is 6.72. The van der Waals surface area contributed by atoms with Crippen molar-refractivity contribution in [1.82, 2.24) is 19.3 Å². The van der Waals surface area contributed by atoms with Gasteiger partial charge in [-0.25, -0.2) is 20.1 Å². The minimum atomic E-state index is -0.0715. The molecule has 0 amide bonds. The minimum Gasteiger partial charge on any atom is -0.279 e. The summed E-state index contributed by atoms with van der Waals surface area (Å²) in [5, 5.41) is 4.19. The predicted octanol–water partition coefficient (Wildman–Crippen LogP) is 2.34. The van der Waals surface area contributed by atoms with Crippen LogP contribution in [-0.4, -0.2) is 25.5 Å². The molecule has 128 valence electrons. The summed E-state index contributed by atoms with van der Waals surface area (Å²) in [4.78, 5) is 21.1. The van der Waals surface area contributed by atoms with E-state index in [-0.39, 0.29) is 5.56 Å². The summed E-state index contributed by atoms with van der Waals surface area (Å²) in [5.74, 6) is 0.430. The molecule has 3 rings (SSSR count). The Bertz CT molecular complexity index is 965. The van der Waals surface area contributed by atoms with Gasteiger partial charge in [0.15, 0.2) is 0 Å². The summed E-state index contributed by atoms with van der Waals surface area (Å²) in [7, 11) is 1.83. The fourth-order valence-electron chi connectivity index (χ4n) is 2.72. The maximum atomic E-state index is 12.6. The Hall–Kier alpha value is -3.22. The smallest absolute Gasteiger partial charge is 0.274 e. The van der Waals surface area contributed by atoms with E-state index in [2.05, 4.69) is 20.5 Å². The number of nitrogens with one attached hydrogen (secondary N) is 1. The number of hydrogen-bond acceptors (Lipinski definition) is 5. The summed E-state index contributed by atoms with van der Waals surface area (Å²) < 4.78 is 3.39. The van der Waals surface area contributed by atoms with Gasteiger partial charge in [0.05, 0.1) is 17.6 Å². The molecule has 0 fully saturated rings. The highest BCUT2D eigenvalue weighted by Gasteiger charge is 2.14. The highest BCUT2D eigenvalue weighted by atomic mass is 16.1. The van der Waals surface area contributed by atoms with Crippen LogP contribution in [0.15, 0.2) is 46.3 Å². The average Bonchev–Trinajstić information content (AvgIpc) is 2.78. The van der Waals surface area contributed by atoms with Crippen LogP contribution in [0.3, 0.4) is 0 Å². The van der Waals surface area contributed by atoms with E-state index in [1.165, 1.54) is 0 Å². The lowest BCUT2D eigenvalue weighted by molar-refractivity contribution is 0.643. The van der Waals surface area contributed by atoms with E-state index >= 15 is 0 Å². The van der Waals surface area contributed by atoms with Gasteiger partial charge in [0.1, 0.15) is 0 Å². The number of hydrogen-bond donors (Lipinski definition) is 1. The van der Waals surface area contributed by atoms with Gasteiger partial charge in [0, 0.05) is 24.0 Å². The van der Waals surface area contributed by atoms with Crippen molar-refractivity contribution in [3.05, 3.63) is 69.4 Å². The van der Waals surface area contributed by atoms with Crippen molar-refractivity contribution in [2.24, 2.45) is 12.1 Å². The molecule has 2 heterocycles. The zero-order valence-corrected chi connectivity index (χ0v) is 14.7. The average molecular weight is 336 g/mol. The third-order valence-electron chi connectivity index (χ3n) is 3.88. The van der Waals surface area contributed by atoms with Gasteiger partial charge < -0.3 is 0 Å². The van der Waals surface area contributed by atoms with Crippen LogP contribution in [0.5, 0.6) is 0 Å². The van der Waals surface area contributed by atoms with Crippen molar-refractivity contribution >= 4 is 12.2 Å². The highest BCUT2D eigenvalue weighted by molar-refractivity contribution is 5.79. The van der Waals surface area contributed by atoms with E-state index in [1.54, 1.807) is 22.5 Å². The van der Waals surface area contributed by atoms with Gasteiger partial charge in [-0.2, -0.15) is 5.10 Å². The predicted molar refractivity (Wildman–Crippen MR) is 98.5 cm³/mol. The maximum Gasteiger partial charge on any atom is 0.274 e. The normalized spacial score (nSPS) is 11.2. The van der Waals surface area contributed by atoms with Gasteiger partial charge in [0.2, 0.25) is 5.95 Å². The van der Waals surface area contributed by atoms with Crippen LogP contribution in [0.2, 0.25) is 0 Å². The van der Waals surface area contributed by atoms with Crippen LogP contribution < -0.4 is 11.0 Å². The number of anilines is 1. The number of benzene rings is 1. The Labute approximate surface area is 145 Å². The van der Waals surface area contributed by atoms with Crippen molar-refractivity contribution in [1.29, 1.82) is 0 Å². The van der Waals surface area contributed by atoms with Crippen molar-refractivity contribution in [3.63, 3.8) is 0 Å². The Balaban J connectivity index is 1.92. The van der Waals surface area contributed by atoms with Crippen molar-refractivity contribution < 1.29 is 0 Å². The van der Waals surface area contributed by atoms with Gasteiger partial charge in [-0.3, -0.25) is 9.48 Å². The zero-order valence-electron chi connectivity index (χ0n) is 14.7. The molecule has 7 nitrogen and oxygen atoms in total. The Morgan fingerprint density at radius 1 is 1.08 bits per heavy atom. The van der Waals surface area contributed by atoms with Crippen LogP contribution in [0.1, 0.15) is 22.6 Å². The summed E-state index contributed by atoms with van der Waals surface area (Å²) in [6.07, 6.45) is 1.61. The summed E-state index contributed by atoms with van der Waals surface area (Å²) in [5.41, 5.74) is 6.62. The quantitative estimate of drug-likeness (QED) is 0.586. The van der Waals surface area contributed by atoms with Crippen LogP contribution in [0.25, 0.3) is 5.69 Å². The SMILES string of the molecule is Cc1cc(C)nc(N/N=C\c2c(C)c(=O)n(-c3ccccc3)n2C)n1. The monoisotopic (exact) mass is 336 g/mol. The highest BCUT2D eigenvalue weighted by Crippen LogP contribution is 2.09. The Kier molecular flexibility index (Phi) is 4.47. The van der Waals surface area contributed by atoms with E-state index in [0.29, 0.717) is 17.2 Å². The van der Waals surface area contributed by atoms with Crippen LogP contribution in [0, 0.1) is 20.8 Å². The maximum absolute atomic E-state index is 12.6. The Morgan fingerprint density at radius 2 is 1.72 bits per heavy atom. The molecule has 25 heavy (non-hydrogen) atoms. The van der Waals surface area contributed by atoms with E-state index in [1.807, 2.05) is 57.3 Å². The number of aryl methyl sites for hydroxylation is 2. The molecule has 0 aliphatic heterocycles. The number of aromatic nitrogens is 4. The van der Waals surface area contributed by atoms with Crippen LogP contribution >= 0.6 is 0 Å². The van der Waals surface area contributed by atoms with E-state index in [9.17, 15) is 4.79 Å². The number of nitrogens with zero attached hydrogens (tertiary/aromatic N) is 5. The lowest BCUT2D eigenvalue weighted by Crippen LogP contribution is -2.20. The first-order chi connectivity index (χ1) is 12.0. The molecule has 0 aliphatic carbocycles. The van der Waals surface area contributed by atoms with Crippen molar-refractivity contribution in [2.45, 2.75) is 20.8 Å². The molecule has 0 bridgehead atoms. The topological polar surface area (TPSA) is 77.1 Å². The molecule has 2 aromatic heterocycles. The van der Waals surface area contributed by atoms with Gasteiger partial charge >= 0.3 is 0 Å². The standard InChI is InChI=1S/C18H20N6O/c1-12-10-13(2)21-18(20-12)22-19-11-16-14(3)17(25)24(23(16)4)15-8-6-5-7-9-15/h5-11H,1-4H3,(H,20,21,22)/b19-11-. The lowest BCUT2D eigenvalue weighted by atomic mass is 10.3. The third-order valence-corrected chi connectivity index (χ3v) is 3.88. The first-order valence-corrected chi connectivity index (χ1v) is 7.93. The second-order valence-electron chi connectivity index (χ2n) is 5.83. The molecule has 0 atom stereocenters. The number of hydrazone groups is 1. The fourth-order valence-corrected chi connectivity index (χ4v) is 2.72. The lowest BCUT2D eigenvalue weighted by Gasteiger charge is -2.08. The minimum absolute atomic E-state index is 0.0715. The molecule has 0 spiro atoms. The molecule has 7 heteroatoms. The van der Waals surface area contributed by atoms with Crippen LogP contribution in [0.4, 0.5) is 5.95 Å². The van der Waals surface area contributed by atoms with Gasteiger partial charge in [0.25, 0.3) is 5.56 Å². The molecular formula is C18H20N6O. The Morgan fingerprint density at radius 3 is 2.36 bits per heavy atom. The first-order valence-electron chi connectivity index (χ1n) is 7.93. The molecule has 0 radical (unpaired) electrons. The molecule has 0 unspecified atom stereocenters. The van der Waals surface area contributed by atoms with Gasteiger partial charge in [-0.05, 0) is 39.0 Å². The van der Waals surface area contributed by atoms with Crippen molar-refractivity contribution in [3.8, 4) is 5.69 Å². The molecular weight excluding hydrogens is 316 g/mol. The zero-order chi connectivity index (χ0) is 18.0. The summed E-state index contributed by atoms with van der Waals surface area (Å²) in [6, 6.07) is 11.4. The molecule has 1 N–H and O–H groups in total. The number of para-hydroxylation sites is 1. The molecule has 1 aromatic carbocycles. The number of rotatable bonds is 4.